The summed E-state index contributed by atoms with van der Waals surface area (Å²) in [5, 5.41) is 19.3. The molecule has 0 saturated carbocycles. The average molecular weight is 414 g/mol. The Kier molecular flexibility index (Phi) is 5.92. The van der Waals surface area contributed by atoms with Crippen molar-refractivity contribution in [2.24, 2.45) is 0 Å². The number of carboxylic acids is 1. The van der Waals surface area contributed by atoms with Crippen molar-refractivity contribution in [1.82, 2.24) is 0 Å². The average Bonchev–Trinajstić information content (AvgIpc) is 3.34. The highest BCUT2D eigenvalue weighted by Gasteiger charge is 2.47. The van der Waals surface area contributed by atoms with Crippen LogP contribution in [0.15, 0.2) is 47.4 Å². The number of aromatic carboxylic acids is 1. The van der Waals surface area contributed by atoms with Gasteiger partial charge >= 0.3 is 11.9 Å². The Morgan fingerprint density at radius 2 is 2.00 bits per heavy atom. The molecule has 3 rings (SSSR count). The van der Waals surface area contributed by atoms with E-state index in [0.29, 0.717) is 11.3 Å². The molecular formula is C21H19NO4S2. The molecule has 0 radical (unpaired) electrons. The van der Waals surface area contributed by atoms with E-state index >= 15 is 0 Å². The zero-order valence-electron chi connectivity index (χ0n) is 15.5. The summed E-state index contributed by atoms with van der Waals surface area (Å²) in [6.07, 6.45) is 2.41. The molecule has 1 aromatic heterocycles. The van der Waals surface area contributed by atoms with Crippen LogP contribution in [0.3, 0.4) is 0 Å². The van der Waals surface area contributed by atoms with Crippen LogP contribution in [0.2, 0.25) is 0 Å². The zero-order chi connectivity index (χ0) is 20.3. The first kappa shape index (κ1) is 20.2. The molecule has 0 bridgehead atoms. The van der Waals surface area contributed by atoms with E-state index in [4.69, 9.17) is 4.74 Å². The van der Waals surface area contributed by atoms with Crippen molar-refractivity contribution in [2.45, 2.75) is 30.9 Å². The van der Waals surface area contributed by atoms with E-state index in [1.807, 2.05) is 31.2 Å². The smallest absolute Gasteiger partial charge is 0.345 e. The van der Waals surface area contributed by atoms with E-state index in [2.05, 4.69) is 6.07 Å². The van der Waals surface area contributed by atoms with Crippen molar-refractivity contribution in [3.05, 3.63) is 57.8 Å². The first-order valence-corrected chi connectivity index (χ1v) is 10.6. The third kappa shape index (κ3) is 3.46. The predicted molar refractivity (Wildman–Crippen MR) is 110 cm³/mol. The van der Waals surface area contributed by atoms with Gasteiger partial charge in [0.05, 0.1) is 17.6 Å². The Hall–Kier alpha value is -2.56. The minimum Gasteiger partial charge on any atom is -0.477 e. The summed E-state index contributed by atoms with van der Waals surface area (Å²) in [7, 11) is 0. The molecule has 1 N–H and O–H groups in total. The van der Waals surface area contributed by atoms with E-state index in [9.17, 15) is 20.0 Å². The SMILES string of the molecule is CCOC(=O)C1=CC(C#N)(c2ccccc2-c2ccc(C(=O)O)s2)C(CC)S1. The van der Waals surface area contributed by atoms with Crippen LogP contribution in [0.1, 0.15) is 35.5 Å². The van der Waals surface area contributed by atoms with Gasteiger partial charge in [0, 0.05) is 10.1 Å². The number of allylic oxidation sites excluding steroid dienone is 1. The molecule has 144 valence electrons. The summed E-state index contributed by atoms with van der Waals surface area (Å²) >= 11 is 2.54. The second-order valence-corrected chi connectivity index (χ2v) is 8.57. The van der Waals surface area contributed by atoms with Crippen LogP contribution in [0.5, 0.6) is 0 Å². The molecule has 0 saturated heterocycles. The summed E-state index contributed by atoms with van der Waals surface area (Å²) in [5.41, 5.74) is 0.586. The number of carbonyl (C=O) groups is 2. The number of benzene rings is 1. The molecule has 0 fully saturated rings. The standard InChI is InChI=1S/C21H19NO4S2/c1-3-18-21(12-22,11-17(28-18)20(25)26-4-2)14-8-6-5-7-13(14)15-9-10-16(27-15)19(23)24/h5-11,18H,3-4H2,1-2H3,(H,23,24). The maximum atomic E-state index is 12.3. The Balaban J connectivity index is 2.16. The molecular weight excluding hydrogens is 394 g/mol. The first-order valence-electron chi connectivity index (χ1n) is 8.87. The monoisotopic (exact) mass is 413 g/mol. The highest BCUT2D eigenvalue weighted by atomic mass is 32.2. The number of ether oxygens (including phenoxy) is 1. The molecule has 5 nitrogen and oxygen atoms in total. The molecule has 0 amide bonds. The van der Waals surface area contributed by atoms with Crippen LogP contribution in [0.4, 0.5) is 0 Å². The van der Waals surface area contributed by atoms with Gasteiger partial charge in [0.2, 0.25) is 0 Å². The summed E-state index contributed by atoms with van der Waals surface area (Å²) in [6.45, 7) is 4.01. The number of thioether (sulfide) groups is 1. The number of hydrogen-bond donors (Lipinski definition) is 1. The Bertz CT molecular complexity index is 988. The summed E-state index contributed by atoms with van der Waals surface area (Å²) in [5.74, 6) is -1.39. The molecule has 2 heterocycles. The van der Waals surface area contributed by atoms with Gasteiger partial charge in [-0.1, -0.05) is 31.2 Å². The molecule has 2 atom stereocenters. The number of carbonyl (C=O) groups excluding carboxylic acids is 1. The number of esters is 1. The molecule has 1 aliphatic rings. The Labute approximate surface area is 171 Å². The summed E-state index contributed by atoms with van der Waals surface area (Å²) in [6, 6.07) is 13.3. The van der Waals surface area contributed by atoms with Crippen LogP contribution in [0, 0.1) is 11.3 Å². The van der Waals surface area contributed by atoms with Crippen molar-refractivity contribution >= 4 is 35.0 Å². The fourth-order valence-corrected chi connectivity index (χ4v) is 5.57. The van der Waals surface area contributed by atoms with Crippen LogP contribution >= 0.6 is 23.1 Å². The minimum absolute atomic E-state index is 0.142. The number of nitrogens with zero attached hydrogens (tertiary/aromatic N) is 1. The van der Waals surface area contributed by atoms with Gasteiger partial charge in [-0.05, 0) is 42.7 Å². The van der Waals surface area contributed by atoms with Crippen LogP contribution < -0.4 is 0 Å². The molecule has 28 heavy (non-hydrogen) atoms. The lowest BCUT2D eigenvalue weighted by atomic mass is 9.75. The predicted octanol–water partition coefficient (Wildman–Crippen LogP) is 4.85. The molecule has 2 unspecified atom stereocenters. The van der Waals surface area contributed by atoms with E-state index in [1.165, 1.54) is 23.1 Å². The minimum atomic E-state index is -0.995. The quantitative estimate of drug-likeness (QED) is 0.682. The highest BCUT2D eigenvalue weighted by molar-refractivity contribution is 8.04. The van der Waals surface area contributed by atoms with Gasteiger partial charge in [0.15, 0.2) is 0 Å². The Morgan fingerprint density at radius 3 is 2.61 bits per heavy atom. The number of carboxylic acid groups (broad SMARTS) is 1. The fourth-order valence-electron chi connectivity index (χ4n) is 3.37. The van der Waals surface area contributed by atoms with E-state index in [1.54, 1.807) is 25.1 Å². The van der Waals surface area contributed by atoms with Crippen molar-refractivity contribution in [3.8, 4) is 16.5 Å². The lowest BCUT2D eigenvalue weighted by Gasteiger charge is -2.28. The number of rotatable bonds is 6. The van der Waals surface area contributed by atoms with Crippen molar-refractivity contribution in [2.75, 3.05) is 6.61 Å². The second kappa shape index (κ2) is 8.21. The molecule has 2 aromatic rings. The van der Waals surface area contributed by atoms with E-state index in [-0.39, 0.29) is 16.7 Å². The fraction of sp³-hybridized carbons (Fsp3) is 0.286. The first-order chi connectivity index (χ1) is 13.5. The van der Waals surface area contributed by atoms with Crippen LogP contribution in [-0.2, 0) is 14.9 Å². The van der Waals surface area contributed by atoms with Crippen LogP contribution in [-0.4, -0.2) is 28.9 Å². The van der Waals surface area contributed by atoms with Gasteiger partial charge in [0.25, 0.3) is 0 Å². The van der Waals surface area contributed by atoms with E-state index in [0.717, 1.165) is 16.0 Å². The van der Waals surface area contributed by atoms with Crippen molar-refractivity contribution in [3.63, 3.8) is 0 Å². The van der Waals surface area contributed by atoms with Crippen molar-refractivity contribution < 1.29 is 19.4 Å². The summed E-state index contributed by atoms with van der Waals surface area (Å²) in [4.78, 5) is 25.0. The third-order valence-corrected chi connectivity index (χ3v) is 7.26. The largest absolute Gasteiger partial charge is 0.477 e. The van der Waals surface area contributed by atoms with Crippen LogP contribution in [0.25, 0.3) is 10.4 Å². The number of nitriles is 1. The van der Waals surface area contributed by atoms with Crippen molar-refractivity contribution in [1.29, 1.82) is 5.26 Å². The molecule has 7 heteroatoms. The molecule has 0 aliphatic carbocycles. The highest BCUT2D eigenvalue weighted by Crippen LogP contribution is 2.51. The summed E-state index contributed by atoms with van der Waals surface area (Å²) < 4.78 is 5.14. The van der Waals surface area contributed by atoms with E-state index < -0.39 is 17.4 Å². The lowest BCUT2D eigenvalue weighted by Crippen LogP contribution is -2.31. The zero-order valence-corrected chi connectivity index (χ0v) is 17.1. The normalized spacial score (nSPS) is 21.0. The number of thiophene rings is 1. The Morgan fingerprint density at radius 1 is 1.25 bits per heavy atom. The third-order valence-electron chi connectivity index (χ3n) is 4.62. The number of hydrogen-bond acceptors (Lipinski definition) is 6. The van der Waals surface area contributed by atoms with Gasteiger partial charge in [-0.2, -0.15) is 5.26 Å². The molecule has 1 aliphatic heterocycles. The van der Waals surface area contributed by atoms with Gasteiger partial charge in [0.1, 0.15) is 10.3 Å². The maximum absolute atomic E-state index is 12.3. The van der Waals surface area contributed by atoms with Gasteiger partial charge in [-0.3, -0.25) is 0 Å². The topological polar surface area (TPSA) is 87.4 Å². The van der Waals surface area contributed by atoms with Gasteiger partial charge in [-0.25, -0.2) is 9.59 Å². The molecule has 0 spiro atoms. The molecule has 1 aromatic carbocycles. The van der Waals surface area contributed by atoms with Gasteiger partial charge in [-0.15, -0.1) is 23.1 Å². The maximum Gasteiger partial charge on any atom is 0.345 e. The lowest BCUT2D eigenvalue weighted by molar-refractivity contribution is -0.137. The van der Waals surface area contributed by atoms with Gasteiger partial charge < -0.3 is 9.84 Å². The second-order valence-electron chi connectivity index (χ2n) is 6.24.